The zero-order valence-electron chi connectivity index (χ0n) is 6.22. The van der Waals surface area contributed by atoms with Gasteiger partial charge in [-0.05, 0) is 27.5 Å². The van der Waals surface area contributed by atoms with E-state index in [0.717, 1.165) is 23.3 Å². The van der Waals surface area contributed by atoms with Gasteiger partial charge in [0.2, 0.25) is 5.28 Å². The molecule has 1 saturated heterocycles. The van der Waals surface area contributed by atoms with Crippen LogP contribution in [0.3, 0.4) is 0 Å². The quantitative estimate of drug-likeness (QED) is 0.767. The van der Waals surface area contributed by atoms with Crippen LogP contribution < -0.4 is 5.32 Å². The number of nitrogens with zero attached hydrogens (tertiary/aromatic N) is 2. The minimum atomic E-state index is 0.320. The highest BCUT2D eigenvalue weighted by atomic mass is 79.9. The van der Waals surface area contributed by atoms with Gasteiger partial charge in [0.05, 0.1) is 10.2 Å². The van der Waals surface area contributed by atoms with Gasteiger partial charge in [-0.1, -0.05) is 0 Å². The lowest BCUT2D eigenvalue weighted by Crippen LogP contribution is -2.40. The van der Waals surface area contributed by atoms with Gasteiger partial charge < -0.3 is 5.32 Å². The average Bonchev–Trinajstić information content (AvgIpc) is 1.93. The lowest BCUT2D eigenvalue weighted by Gasteiger charge is -2.26. The number of rotatable bonds is 1. The molecule has 0 aliphatic carbocycles. The van der Waals surface area contributed by atoms with Crippen molar-refractivity contribution in [2.75, 3.05) is 13.1 Å². The summed E-state index contributed by atoms with van der Waals surface area (Å²) in [5, 5.41) is 3.50. The predicted octanol–water partition coefficient (Wildman–Crippen LogP) is 1.58. The summed E-state index contributed by atoms with van der Waals surface area (Å²) in [5.74, 6) is 0.486. The van der Waals surface area contributed by atoms with E-state index in [2.05, 4.69) is 31.2 Å². The Kier molecular flexibility index (Phi) is 2.30. The maximum atomic E-state index is 5.68. The number of nitrogens with one attached hydrogen (secondary N) is 1. The van der Waals surface area contributed by atoms with Crippen LogP contribution in [-0.2, 0) is 0 Å². The van der Waals surface area contributed by atoms with Gasteiger partial charge in [-0.2, -0.15) is 0 Å². The maximum absolute atomic E-state index is 5.68. The van der Waals surface area contributed by atoms with Crippen LogP contribution in [0, 0.1) is 0 Å². The predicted molar refractivity (Wildman–Crippen MR) is 50.4 cm³/mol. The molecule has 1 fully saturated rings. The highest BCUT2D eigenvalue weighted by Crippen LogP contribution is 2.25. The fourth-order valence-corrected chi connectivity index (χ4v) is 1.78. The minimum Gasteiger partial charge on any atom is -0.315 e. The molecule has 0 bridgehead atoms. The fourth-order valence-electron chi connectivity index (χ4n) is 1.13. The highest BCUT2D eigenvalue weighted by Gasteiger charge is 2.22. The van der Waals surface area contributed by atoms with Crippen molar-refractivity contribution >= 4 is 27.5 Å². The third-order valence-corrected chi connectivity index (χ3v) is 2.70. The first-order chi connectivity index (χ1) is 5.77. The molecule has 1 aromatic heterocycles. The van der Waals surface area contributed by atoms with Gasteiger partial charge in [-0.25, -0.2) is 9.97 Å². The van der Waals surface area contributed by atoms with Crippen molar-refractivity contribution in [1.82, 2.24) is 15.3 Å². The molecule has 0 amide bonds. The lowest BCUT2D eigenvalue weighted by molar-refractivity contribution is 0.437. The Bertz CT molecular complexity index is 301. The second-order valence-electron chi connectivity index (χ2n) is 2.73. The minimum absolute atomic E-state index is 0.320. The molecular formula is C7H7BrClN3. The standard InChI is InChI=1S/C7H7BrClN3/c8-5-3-11-7(9)12-6(5)4-1-10-2-4/h3-4,10H,1-2H2. The Morgan fingerprint density at radius 1 is 1.58 bits per heavy atom. The van der Waals surface area contributed by atoms with E-state index in [0.29, 0.717) is 11.2 Å². The molecule has 2 heterocycles. The molecule has 64 valence electrons. The van der Waals surface area contributed by atoms with Crippen molar-refractivity contribution in [3.63, 3.8) is 0 Å². The molecule has 3 nitrogen and oxygen atoms in total. The van der Waals surface area contributed by atoms with Crippen LogP contribution in [0.4, 0.5) is 0 Å². The molecule has 0 atom stereocenters. The number of hydrogen-bond acceptors (Lipinski definition) is 3. The Morgan fingerprint density at radius 2 is 2.33 bits per heavy atom. The van der Waals surface area contributed by atoms with Crippen LogP contribution in [0.25, 0.3) is 0 Å². The lowest BCUT2D eigenvalue weighted by atomic mass is 9.99. The van der Waals surface area contributed by atoms with Crippen molar-refractivity contribution in [2.45, 2.75) is 5.92 Å². The van der Waals surface area contributed by atoms with Crippen molar-refractivity contribution in [3.8, 4) is 0 Å². The van der Waals surface area contributed by atoms with Gasteiger partial charge in [0.1, 0.15) is 0 Å². The number of aromatic nitrogens is 2. The molecule has 0 saturated carbocycles. The first kappa shape index (κ1) is 8.41. The molecule has 0 radical (unpaired) electrons. The highest BCUT2D eigenvalue weighted by molar-refractivity contribution is 9.10. The van der Waals surface area contributed by atoms with Gasteiger partial charge in [0, 0.05) is 25.2 Å². The molecule has 1 aliphatic heterocycles. The van der Waals surface area contributed by atoms with E-state index in [1.54, 1.807) is 6.20 Å². The van der Waals surface area contributed by atoms with Crippen LogP contribution >= 0.6 is 27.5 Å². The Labute approximate surface area is 83.7 Å². The van der Waals surface area contributed by atoms with E-state index in [4.69, 9.17) is 11.6 Å². The Hall–Kier alpha value is -0.190. The Morgan fingerprint density at radius 3 is 2.92 bits per heavy atom. The topological polar surface area (TPSA) is 37.8 Å². The summed E-state index contributed by atoms with van der Waals surface area (Å²) in [6.45, 7) is 1.96. The van der Waals surface area contributed by atoms with Crippen LogP contribution in [0.15, 0.2) is 10.7 Å². The first-order valence-corrected chi connectivity index (χ1v) is 4.83. The molecule has 0 unspecified atom stereocenters. The molecule has 1 aliphatic rings. The SMILES string of the molecule is Clc1ncc(Br)c(C2CNC2)n1. The normalized spacial score (nSPS) is 17.5. The van der Waals surface area contributed by atoms with Crippen molar-refractivity contribution in [3.05, 3.63) is 21.6 Å². The summed E-state index contributed by atoms with van der Waals surface area (Å²) < 4.78 is 0.943. The molecule has 0 aromatic carbocycles. The van der Waals surface area contributed by atoms with Gasteiger partial charge in [-0.3, -0.25) is 0 Å². The zero-order chi connectivity index (χ0) is 8.55. The van der Waals surface area contributed by atoms with Crippen molar-refractivity contribution in [1.29, 1.82) is 0 Å². The van der Waals surface area contributed by atoms with Crippen LogP contribution in [0.1, 0.15) is 11.6 Å². The maximum Gasteiger partial charge on any atom is 0.222 e. The summed E-state index contributed by atoms with van der Waals surface area (Å²) in [7, 11) is 0. The van der Waals surface area contributed by atoms with Crippen molar-refractivity contribution in [2.24, 2.45) is 0 Å². The molecule has 1 aromatic rings. The van der Waals surface area contributed by atoms with Gasteiger partial charge in [-0.15, -0.1) is 0 Å². The van der Waals surface area contributed by atoms with E-state index in [9.17, 15) is 0 Å². The second kappa shape index (κ2) is 3.28. The Balaban J connectivity index is 2.34. The zero-order valence-corrected chi connectivity index (χ0v) is 8.56. The summed E-state index contributed by atoms with van der Waals surface area (Å²) in [4.78, 5) is 8.03. The van der Waals surface area contributed by atoms with Crippen molar-refractivity contribution < 1.29 is 0 Å². The summed E-state index contributed by atoms with van der Waals surface area (Å²) in [6.07, 6.45) is 1.70. The average molecular weight is 249 g/mol. The van der Waals surface area contributed by atoms with E-state index in [1.807, 2.05) is 0 Å². The molecule has 12 heavy (non-hydrogen) atoms. The van der Waals surface area contributed by atoms with E-state index >= 15 is 0 Å². The van der Waals surface area contributed by atoms with Crippen LogP contribution in [0.2, 0.25) is 5.28 Å². The third kappa shape index (κ3) is 1.46. The molecule has 2 rings (SSSR count). The third-order valence-electron chi connectivity index (χ3n) is 1.91. The van der Waals surface area contributed by atoms with Crippen LogP contribution in [-0.4, -0.2) is 23.1 Å². The smallest absolute Gasteiger partial charge is 0.222 e. The first-order valence-electron chi connectivity index (χ1n) is 3.66. The molecule has 5 heteroatoms. The summed E-state index contributed by atoms with van der Waals surface area (Å²) >= 11 is 9.07. The van der Waals surface area contributed by atoms with E-state index in [-0.39, 0.29) is 0 Å². The molecule has 0 spiro atoms. The fraction of sp³-hybridized carbons (Fsp3) is 0.429. The monoisotopic (exact) mass is 247 g/mol. The van der Waals surface area contributed by atoms with Gasteiger partial charge in [0.15, 0.2) is 0 Å². The summed E-state index contributed by atoms with van der Waals surface area (Å²) in [6, 6.07) is 0. The van der Waals surface area contributed by atoms with E-state index in [1.165, 1.54) is 0 Å². The largest absolute Gasteiger partial charge is 0.315 e. The van der Waals surface area contributed by atoms with Gasteiger partial charge in [0.25, 0.3) is 0 Å². The number of hydrogen-bond donors (Lipinski definition) is 1. The van der Waals surface area contributed by atoms with Gasteiger partial charge >= 0.3 is 0 Å². The van der Waals surface area contributed by atoms with E-state index < -0.39 is 0 Å². The number of halogens is 2. The molecule has 1 N–H and O–H groups in total. The second-order valence-corrected chi connectivity index (χ2v) is 3.92. The van der Waals surface area contributed by atoms with Crippen LogP contribution in [0.5, 0.6) is 0 Å². The summed E-state index contributed by atoms with van der Waals surface area (Å²) in [5.41, 5.74) is 1.01. The molecular weight excluding hydrogens is 241 g/mol.